The third kappa shape index (κ3) is 14.4. The van der Waals surface area contributed by atoms with Crippen LogP contribution in [0.1, 0.15) is 110 Å². The zero-order chi connectivity index (χ0) is 41.4. The molecule has 13 nitrogen and oxygen atoms in total. The van der Waals surface area contributed by atoms with Crippen molar-refractivity contribution >= 4 is 35.8 Å². The summed E-state index contributed by atoms with van der Waals surface area (Å²) in [5.41, 5.74) is 0.259. The summed E-state index contributed by atoms with van der Waals surface area (Å²) in [5, 5.41) is 27.0. The SMILES string of the molecule is CCCC[C@H](C)[C@@H](O)CC(=O)N(C(=O)[C@H](NC(=O)OC(C)(C)C)C(C(=O)O)C1CCCCC1)[C@H](Cc1ccccc1)C(=O)N[C@H](C)C(=O)OCc1ccccc1. The van der Waals surface area contributed by atoms with E-state index in [2.05, 4.69) is 10.6 Å². The molecule has 4 amide bonds. The van der Waals surface area contributed by atoms with Gasteiger partial charge in [0.15, 0.2) is 0 Å². The van der Waals surface area contributed by atoms with Crippen molar-refractivity contribution in [1.29, 1.82) is 0 Å². The summed E-state index contributed by atoms with van der Waals surface area (Å²) in [5.74, 6) is -7.46. The summed E-state index contributed by atoms with van der Waals surface area (Å²) >= 11 is 0. The maximum atomic E-state index is 15.1. The Morgan fingerprint density at radius 1 is 0.875 bits per heavy atom. The molecule has 0 aliphatic heterocycles. The number of carboxylic acids is 1. The van der Waals surface area contributed by atoms with Crippen LogP contribution in [-0.4, -0.2) is 80.7 Å². The van der Waals surface area contributed by atoms with Crippen LogP contribution in [0.5, 0.6) is 0 Å². The average Bonchev–Trinajstić information content (AvgIpc) is 3.15. The maximum absolute atomic E-state index is 15.1. The number of aliphatic carboxylic acids is 1. The number of rotatable bonds is 19. The zero-order valence-electron chi connectivity index (χ0n) is 33.7. The number of esters is 1. The molecule has 308 valence electrons. The van der Waals surface area contributed by atoms with Gasteiger partial charge in [-0.05, 0) is 69.9 Å². The van der Waals surface area contributed by atoms with Crippen LogP contribution in [0.25, 0.3) is 0 Å². The van der Waals surface area contributed by atoms with Crippen LogP contribution in [0.3, 0.4) is 0 Å². The second-order valence-corrected chi connectivity index (χ2v) is 15.9. The van der Waals surface area contributed by atoms with Crippen molar-refractivity contribution in [2.45, 2.75) is 142 Å². The number of nitrogens with one attached hydrogen (secondary N) is 2. The molecule has 56 heavy (non-hydrogen) atoms. The van der Waals surface area contributed by atoms with E-state index >= 15 is 4.79 Å². The lowest BCUT2D eigenvalue weighted by Gasteiger charge is -2.38. The minimum atomic E-state index is -1.83. The number of alkyl carbamates (subject to hydrolysis) is 1. The fraction of sp³-hybridized carbons (Fsp3) is 0.581. The molecule has 1 unspecified atom stereocenters. The van der Waals surface area contributed by atoms with Crippen LogP contribution in [0.2, 0.25) is 0 Å². The lowest BCUT2D eigenvalue weighted by Crippen LogP contribution is -2.63. The van der Waals surface area contributed by atoms with Crippen LogP contribution in [0.15, 0.2) is 60.7 Å². The highest BCUT2D eigenvalue weighted by atomic mass is 16.6. The normalized spacial score (nSPS) is 16.6. The largest absolute Gasteiger partial charge is 0.481 e. The number of carboxylic acid groups (broad SMARTS) is 1. The summed E-state index contributed by atoms with van der Waals surface area (Å²) in [7, 11) is 0. The minimum absolute atomic E-state index is 0.0553. The van der Waals surface area contributed by atoms with Gasteiger partial charge in [-0.25, -0.2) is 9.59 Å². The average molecular weight is 780 g/mol. The van der Waals surface area contributed by atoms with E-state index in [-0.39, 0.29) is 18.9 Å². The van der Waals surface area contributed by atoms with Crippen LogP contribution in [-0.2, 0) is 46.5 Å². The number of aliphatic hydroxyl groups excluding tert-OH is 1. The van der Waals surface area contributed by atoms with E-state index in [1.807, 2.05) is 13.0 Å². The van der Waals surface area contributed by atoms with Gasteiger partial charge in [0.1, 0.15) is 30.3 Å². The Morgan fingerprint density at radius 2 is 1.46 bits per heavy atom. The summed E-state index contributed by atoms with van der Waals surface area (Å²) in [4.78, 5) is 84.4. The molecule has 0 aromatic heterocycles. The lowest BCUT2D eigenvalue weighted by atomic mass is 9.76. The van der Waals surface area contributed by atoms with E-state index < -0.39 is 83.8 Å². The highest BCUT2D eigenvalue weighted by Crippen LogP contribution is 2.34. The molecule has 1 fully saturated rings. The van der Waals surface area contributed by atoms with Crippen molar-refractivity contribution in [3.05, 3.63) is 71.8 Å². The van der Waals surface area contributed by atoms with Gasteiger partial charge >= 0.3 is 18.0 Å². The number of hydrogen-bond donors (Lipinski definition) is 4. The molecule has 6 atom stereocenters. The number of hydrogen-bond acceptors (Lipinski definition) is 9. The summed E-state index contributed by atoms with van der Waals surface area (Å²) in [6, 6.07) is 12.9. The first-order valence-electron chi connectivity index (χ1n) is 19.8. The van der Waals surface area contributed by atoms with Crippen molar-refractivity contribution in [2.75, 3.05) is 0 Å². The molecule has 0 radical (unpaired) electrons. The predicted molar refractivity (Wildman–Crippen MR) is 210 cm³/mol. The second kappa shape index (κ2) is 22.1. The van der Waals surface area contributed by atoms with Gasteiger partial charge < -0.3 is 30.3 Å². The van der Waals surface area contributed by atoms with Crippen molar-refractivity contribution < 1.29 is 48.5 Å². The summed E-state index contributed by atoms with van der Waals surface area (Å²) < 4.78 is 10.9. The molecule has 0 spiro atoms. The predicted octanol–water partition coefficient (Wildman–Crippen LogP) is 5.95. The first-order valence-corrected chi connectivity index (χ1v) is 19.8. The molecule has 1 aliphatic rings. The molecule has 0 bridgehead atoms. The molecule has 1 saturated carbocycles. The van der Waals surface area contributed by atoms with Gasteiger partial charge in [-0.2, -0.15) is 0 Å². The van der Waals surface area contributed by atoms with E-state index in [0.717, 1.165) is 24.8 Å². The third-order valence-electron chi connectivity index (χ3n) is 10.1. The fourth-order valence-corrected chi connectivity index (χ4v) is 7.01. The Balaban J connectivity index is 2.13. The van der Waals surface area contributed by atoms with Gasteiger partial charge in [0, 0.05) is 6.42 Å². The molecule has 2 aromatic rings. The number of aliphatic hydroxyl groups is 1. The van der Waals surface area contributed by atoms with Crippen molar-refractivity contribution in [2.24, 2.45) is 17.8 Å². The minimum Gasteiger partial charge on any atom is -0.481 e. The number of ether oxygens (including phenoxy) is 2. The molecule has 2 aromatic carbocycles. The Kier molecular flexibility index (Phi) is 18.0. The van der Waals surface area contributed by atoms with Crippen LogP contribution < -0.4 is 10.6 Å². The van der Waals surface area contributed by atoms with E-state index in [0.29, 0.717) is 42.6 Å². The van der Waals surface area contributed by atoms with Crippen LogP contribution >= 0.6 is 0 Å². The number of nitrogens with zero attached hydrogens (tertiary/aromatic N) is 1. The number of carbonyl (C=O) groups is 6. The molecule has 1 aliphatic carbocycles. The van der Waals surface area contributed by atoms with E-state index in [1.165, 1.54) is 6.92 Å². The molecule has 3 rings (SSSR count). The topological polar surface area (TPSA) is 189 Å². The second-order valence-electron chi connectivity index (χ2n) is 15.9. The number of amides is 4. The monoisotopic (exact) mass is 779 g/mol. The smallest absolute Gasteiger partial charge is 0.408 e. The van der Waals surface area contributed by atoms with Gasteiger partial charge in [0.05, 0.1) is 18.4 Å². The molecular formula is C43H61N3O10. The zero-order valence-corrected chi connectivity index (χ0v) is 33.7. The van der Waals surface area contributed by atoms with Gasteiger partial charge in [0.2, 0.25) is 11.8 Å². The van der Waals surface area contributed by atoms with Gasteiger partial charge in [-0.3, -0.25) is 24.1 Å². The van der Waals surface area contributed by atoms with Crippen LogP contribution in [0.4, 0.5) is 4.79 Å². The highest BCUT2D eigenvalue weighted by Gasteiger charge is 2.47. The standard InChI is InChI=1S/C43H61N3O10/c1-7-8-18-28(2)34(47)26-35(48)46(39(50)37(45-42(54)56-43(4,5)6)36(40(51)52)32-23-16-11-17-24-32)33(25-30-19-12-9-13-20-30)38(49)44-29(3)41(53)55-27-31-21-14-10-15-22-31/h9-10,12-15,19-22,28-29,32-34,36-37,47H,7-8,11,16-18,23-27H2,1-6H3,(H,44,49)(H,45,54)(H,51,52)/t28-,29+,33+,34-,36?,37+/m0/s1. The Morgan fingerprint density at radius 3 is 2.02 bits per heavy atom. The lowest BCUT2D eigenvalue weighted by molar-refractivity contribution is -0.160. The van der Waals surface area contributed by atoms with E-state index in [9.17, 15) is 34.2 Å². The first kappa shape index (κ1) is 45.6. The molecule has 0 saturated heterocycles. The molecule has 0 heterocycles. The van der Waals surface area contributed by atoms with Crippen molar-refractivity contribution in [3.8, 4) is 0 Å². The Labute approximate surface area is 330 Å². The fourth-order valence-electron chi connectivity index (χ4n) is 7.01. The van der Waals surface area contributed by atoms with Crippen LogP contribution in [0, 0.1) is 17.8 Å². The number of imide groups is 1. The third-order valence-corrected chi connectivity index (χ3v) is 10.1. The number of benzene rings is 2. The van der Waals surface area contributed by atoms with Gasteiger partial charge in [-0.1, -0.05) is 107 Å². The molecule has 4 N–H and O–H groups in total. The van der Waals surface area contributed by atoms with E-state index in [1.54, 1.807) is 82.3 Å². The molecular weight excluding hydrogens is 718 g/mol. The first-order chi connectivity index (χ1) is 26.5. The maximum Gasteiger partial charge on any atom is 0.408 e. The quantitative estimate of drug-likeness (QED) is 0.124. The van der Waals surface area contributed by atoms with E-state index in [4.69, 9.17) is 9.47 Å². The Hall–Kier alpha value is -4.78. The van der Waals surface area contributed by atoms with Crippen molar-refractivity contribution in [1.82, 2.24) is 15.5 Å². The highest BCUT2D eigenvalue weighted by molar-refractivity contribution is 6.05. The van der Waals surface area contributed by atoms with Crippen molar-refractivity contribution in [3.63, 3.8) is 0 Å². The summed E-state index contributed by atoms with van der Waals surface area (Å²) in [6.45, 7) is 9.98. The Bertz CT molecular complexity index is 1590. The van der Waals surface area contributed by atoms with Gasteiger partial charge in [-0.15, -0.1) is 0 Å². The number of unbranched alkanes of at least 4 members (excludes halogenated alkanes) is 1. The summed E-state index contributed by atoms with van der Waals surface area (Å²) in [6.07, 6.45) is 2.41. The molecule has 13 heteroatoms. The van der Waals surface area contributed by atoms with Gasteiger partial charge in [0.25, 0.3) is 5.91 Å². The number of carbonyl (C=O) groups excluding carboxylic acids is 5.